The maximum absolute atomic E-state index is 3.61. The first-order chi connectivity index (χ1) is 4.91. The van der Waals surface area contributed by atoms with Gasteiger partial charge in [0.2, 0.25) is 0 Å². The van der Waals surface area contributed by atoms with Crippen LogP contribution >= 0.6 is 0 Å². The highest BCUT2D eigenvalue weighted by molar-refractivity contribution is 4.96. The number of rotatable bonds is 0. The number of nitrogens with one attached hydrogen (secondary N) is 2. The molecular formula is C8H16N2. The molecule has 0 aromatic heterocycles. The van der Waals surface area contributed by atoms with E-state index in [-0.39, 0.29) is 0 Å². The molecule has 1 atom stereocenters. The van der Waals surface area contributed by atoms with E-state index in [1.807, 2.05) is 0 Å². The van der Waals surface area contributed by atoms with Crippen molar-refractivity contribution in [3.63, 3.8) is 0 Å². The van der Waals surface area contributed by atoms with Crippen LogP contribution < -0.4 is 10.6 Å². The van der Waals surface area contributed by atoms with Crippen LogP contribution in [0.15, 0.2) is 0 Å². The van der Waals surface area contributed by atoms with Gasteiger partial charge in [0, 0.05) is 12.1 Å². The van der Waals surface area contributed by atoms with Crippen LogP contribution in [-0.2, 0) is 0 Å². The summed E-state index contributed by atoms with van der Waals surface area (Å²) >= 11 is 0. The lowest BCUT2D eigenvalue weighted by molar-refractivity contribution is 0.282. The van der Waals surface area contributed by atoms with Gasteiger partial charge in [0.15, 0.2) is 0 Å². The van der Waals surface area contributed by atoms with Crippen LogP contribution in [0.25, 0.3) is 0 Å². The number of hydrogen-bond acceptors (Lipinski definition) is 2. The molecule has 0 aliphatic carbocycles. The predicted molar refractivity (Wildman–Crippen MR) is 42.1 cm³/mol. The van der Waals surface area contributed by atoms with Crippen LogP contribution in [0.4, 0.5) is 0 Å². The number of hydrogen-bond donors (Lipinski definition) is 2. The van der Waals surface area contributed by atoms with Gasteiger partial charge in [-0.3, -0.25) is 0 Å². The van der Waals surface area contributed by atoms with E-state index >= 15 is 0 Å². The minimum atomic E-state index is 0.512. The van der Waals surface area contributed by atoms with Gasteiger partial charge in [-0.25, -0.2) is 0 Å². The largest absolute Gasteiger partial charge is 0.315 e. The molecule has 2 nitrogen and oxygen atoms in total. The van der Waals surface area contributed by atoms with E-state index < -0.39 is 0 Å². The van der Waals surface area contributed by atoms with E-state index in [1.54, 1.807) is 0 Å². The average Bonchev–Trinajstić information content (AvgIpc) is 2.39. The van der Waals surface area contributed by atoms with E-state index in [1.165, 1.54) is 45.3 Å². The van der Waals surface area contributed by atoms with Crippen molar-refractivity contribution in [3.05, 3.63) is 0 Å². The summed E-state index contributed by atoms with van der Waals surface area (Å²) in [7, 11) is 0. The molecule has 0 bridgehead atoms. The molecule has 2 heteroatoms. The van der Waals surface area contributed by atoms with Crippen LogP contribution in [0.2, 0.25) is 0 Å². The van der Waals surface area contributed by atoms with Gasteiger partial charge in [0.1, 0.15) is 0 Å². The first kappa shape index (κ1) is 6.62. The highest BCUT2D eigenvalue weighted by atomic mass is 15.1. The third kappa shape index (κ3) is 1.06. The van der Waals surface area contributed by atoms with Crippen molar-refractivity contribution in [2.45, 2.75) is 31.2 Å². The Kier molecular flexibility index (Phi) is 1.66. The molecule has 2 heterocycles. The normalized spacial score (nSPS) is 40.8. The van der Waals surface area contributed by atoms with Crippen LogP contribution in [0, 0.1) is 0 Å². The molecule has 0 amide bonds. The predicted octanol–water partition coefficient (Wildman–Crippen LogP) is 0.492. The van der Waals surface area contributed by atoms with E-state index in [4.69, 9.17) is 0 Å². The van der Waals surface area contributed by atoms with Gasteiger partial charge in [-0.1, -0.05) is 0 Å². The van der Waals surface area contributed by atoms with Crippen molar-refractivity contribution in [1.29, 1.82) is 0 Å². The molecule has 2 N–H and O–H groups in total. The van der Waals surface area contributed by atoms with Crippen molar-refractivity contribution >= 4 is 0 Å². The fourth-order valence-corrected chi connectivity index (χ4v) is 2.20. The van der Waals surface area contributed by atoms with Crippen molar-refractivity contribution in [1.82, 2.24) is 10.6 Å². The minimum absolute atomic E-state index is 0.512. The smallest absolute Gasteiger partial charge is 0.0307 e. The Hall–Kier alpha value is -0.0800. The van der Waals surface area contributed by atoms with E-state index in [0.29, 0.717) is 5.54 Å². The van der Waals surface area contributed by atoms with Crippen LogP contribution in [-0.4, -0.2) is 25.2 Å². The monoisotopic (exact) mass is 140 g/mol. The second-order valence-corrected chi connectivity index (χ2v) is 3.59. The zero-order valence-electron chi connectivity index (χ0n) is 6.45. The van der Waals surface area contributed by atoms with E-state index in [0.717, 1.165) is 0 Å². The molecule has 0 radical (unpaired) electrons. The Bertz CT molecular complexity index is 108. The summed E-state index contributed by atoms with van der Waals surface area (Å²) in [6, 6.07) is 0. The van der Waals surface area contributed by atoms with Gasteiger partial charge in [-0.2, -0.15) is 0 Å². The number of piperidine rings is 1. The van der Waals surface area contributed by atoms with Crippen molar-refractivity contribution in [3.8, 4) is 0 Å². The van der Waals surface area contributed by atoms with Gasteiger partial charge in [0.25, 0.3) is 0 Å². The second kappa shape index (κ2) is 2.51. The van der Waals surface area contributed by atoms with Gasteiger partial charge in [-0.05, 0) is 38.8 Å². The first-order valence-corrected chi connectivity index (χ1v) is 4.37. The van der Waals surface area contributed by atoms with Crippen molar-refractivity contribution in [2.24, 2.45) is 0 Å². The minimum Gasteiger partial charge on any atom is -0.315 e. The van der Waals surface area contributed by atoms with Crippen molar-refractivity contribution in [2.75, 3.05) is 19.6 Å². The van der Waals surface area contributed by atoms with Gasteiger partial charge in [0.05, 0.1) is 0 Å². The van der Waals surface area contributed by atoms with Crippen molar-refractivity contribution < 1.29 is 0 Å². The lowest BCUT2D eigenvalue weighted by atomic mass is 9.89. The first-order valence-electron chi connectivity index (χ1n) is 4.37. The zero-order chi connectivity index (χ0) is 6.86. The molecule has 2 aliphatic rings. The summed E-state index contributed by atoms with van der Waals surface area (Å²) in [5.74, 6) is 0. The fourth-order valence-electron chi connectivity index (χ4n) is 2.20. The molecule has 0 unspecified atom stereocenters. The molecule has 0 aromatic rings. The molecule has 1 spiro atoms. The molecule has 0 saturated carbocycles. The summed E-state index contributed by atoms with van der Waals surface area (Å²) in [6.45, 7) is 3.66. The molecular weight excluding hydrogens is 124 g/mol. The van der Waals surface area contributed by atoms with E-state index in [9.17, 15) is 0 Å². The SMILES string of the molecule is C1CNC[C@@]2(C1)CCCN2. The maximum Gasteiger partial charge on any atom is 0.0307 e. The standard InChI is InChI=1S/C8H16N2/c1-3-8(7-9-5-1)4-2-6-10-8/h9-10H,1-7H2/t8-/m1/s1. The van der Waals surface area contributed by atoms with Gasteiger partial charge < -0.3 is 10.6 Å². The molecule has 0 aromatic carbocycles. The Balaban J connectivity index is 1.98. The third-order valence-corrected chi connectivity index (χ3v) is 2.80. The summed E-state index contributed by atoms with van der Waals surface area (Å²) in [5, 5.41) is 7.06. The molecule has 10 heavy (non-hydrogen) atoms. The van der Waals surface area contributed by atoms with Gasteiger partial charge >= 0.3 is 0 Å². The summed E-state index contributed by atoms with van der Waals surface area (Å²) < 4.78 is 0. The highest BCUT2D eigenvalue weighted by Gasteiger charge is 2.33. The Morgan fingerprint density at radius 1 is 1.00 bits per heavy atom. The molecule has 2 rings (SSSR count). The Morgan fingerprint density at radius 2 is 1.80 bits per heavy atom. The highest BCUT2D eigenvalue weighted by Crippen LogP contribution is 2.25. The Morgan fingerprint density at radius 3 is 2.40 bits per heavy atom. The zero-order valence-corrected chi connectivity index (χ0v) is 6.45. The summed E-state index contributed by atoms with van der Waals surface area (Å²) in [5.41, 5.74) is 0.512. The topological polar surface area (TPSA) is 24.1 Å². The molecule has 2 aliphatic heterocycles. The third-order valence-electron chi connectivity index (χ3n) is 2.80. The summed E-state index contributed by atoms with van der Waals surface area (Å²) in [6.07, 6.45) is 5.51. The fraction of sp³-hybridized carbons (Fsp3) is 1.00. The van der Waals surface area contributed by atoms with Crippen LogP contribution in [0.3, 0.4) is 0 Å². The second-order valence-electron chi connectivity index (χ2n) is 3.59. The lowest BCUT2D eigenvalue weighted by Gasteiger charge is -2.34. The average molecular weight is 140 g/mol. The lowest BCUT2D eigenvalue weighted by Crippen LogP contribution is -2.52. The Labute approximate surface area is 62.4 Å². The molecule has 2 saturated heterocycles. The summed E-state index contributed by atoms with van der Waals surface area (Å²) in [4.78, 5) is 0. The maximum atomic E-state index is 3.61. The van der Waals surface area contributed by atoms with Crippen LogP contribution in [0.5, 0.6) is 0 Å². The molecule has 2 fully saturated rings. The molecule has 58 valence electrons. The van der Waals surface area contributed by atoms with Gasteiger partial charge in [-0.15, -0.1) is 0 Å². The van der Waals surface area contributed by atoms with Crippen LogP contribution in [0.1, 0.15) is 25.7 Å². The quantitative estimate of drug-likeness (QED) is 0.512. The van der Waals surface area contributed by atoms with E-state index in [2.05, 4.69) is 10.6 Å².